The highest BCUT2D eigenvalue weighted by Crippen LogP contribution is 2.54. The molecule has 0 saturated carbocycles. The summed E-state index contributed by atoms with van der Waals surface area (Å²) in [5.41, 5.74) is 15.4. The molecule has 0 bridgehead atoms. The maximum absolute atomic E-state index is 7.35. The molecule has 4 nitrogen and oxygen atoms in total. The first-order valence-corrected chi connectivity index (χ1v) is 26.9. The van der Waals surface area contributed by atoms with E-state index in [4.69, 9.17) is 9.47 Å². The third kappa shape index (κ3) is 9.08. The minimum Gasteiger partial charge on any atom is -0.364 e. The van der Waals surface area contributed by atoms with Gasteiger partial charge in [-0.05, 0) is 145 Å². The van der Waals surface area contributed by atoms with Crippen molar-refractivity contribution in [3.63, 3.8) is 0 Å². The molecule has 8 aromatic carbocycles. The first-order valence-electron chi connectivity index (χ1n) is 26.9. The number of fused-ring (bicyclic) bond motifs is 7. The summed E-state index contributed by atoms with van der Waals surface area (Å²) in [6.07, 6.45) is 3.84. The molecular formula is C71H76N2O2. The average molecular weight is 989 g/mol. The van der Waals surface area contributed by atoms with Crippen LogP contribution in [0.4, 0.5) is 5.69 Å². The summed E-state index contributed by atoms with van der Waals surface area (Å²) < 4.78 is 14.7. The summed E-state index contributed by atoms with van der Waals surface area (Å²) in [6, 6.07) is 64.1. The summed E-state index contributed by atoms with van der Waals surface area (Å²) in [5, 5.41) is 4.69. The van der Waals surface area contributed by atoms with Crippen LogP contribution in [0.1, 0.15) is 150 Å². The molecule has 0 saturated heterocycles. The number of benzene rings is 8. The molecule has 1 aliphatic heterocycles. The SMILES string of the molecule is COC(c1ccc(C(C)(C)C)cc1)(c1ccc(C(C)(C)C)cc1)c1cc2ccccc2c2c1CN(c1ccncc1)Cc1c(C(OC)(c3ccc(C(C)(C)C)cc3)c3ccc(C(C)(C)C)cc3)cc3ccccc3c1-2. The third-order valence-electron chi connectivity index (χ3n) is 16.3. The lowest BCUT2D eigenvalue weighted by Crippen LogP contribution is -2.35. The van der Waals surface area contributed by atoms with E-state index in [2.05, 4.69) is 263 Å². The zero-order chi connectivity index (χ0) is 53.3. The summed E-state index contributed by atoms with van der Waals surface area (Å²) >= 11 is 0. The van der Waals surface area contributed by atoms with Crippen molar-refractivity contribution in [3.8, 4) is 11.1 Å². The summed E-state index contributed by atoms with van der Waals surface area (Å²) in [4.78, 5) is 7.12. The molecule has 2 heterocycles. The van der Waals surface area contributed by atoms with Gasteiger partial charge < -0.3 is 14.4 Å². The molecule has 0 atom stereocenters. The Hall–Kier alpha value is -6.85. The molecule has 1 aromatic heterocycles. The van der Waals surface area contributed by atoms with Crippen molar-refractivity contribution in [1.29, 1.82) is 0 Å². The van der Waals surface area contributed by atoms with Crippen LogP contribution in [0.25, 0.3) is 32.7 Å². The molecular weight excluding hydrogens is 913 g/mol. The molecule has 9 aromatic rings. The zero-order valence-electron chi connectivity index (χ0n) is 46.9. The Morgan fingerprint density at radius 1 is 0.360 bits per heavy atom. The van der Waals surface area contributed by atoms with Crippen molar-refractivity contribution < 1.29 is 9.47 Å². The molecule has 0 radical (unpaired) electrons. The van der Waals surface area contributed by atoms with Crippen molar-refractivity contribution in [2.75, 3.05) is 19.1 Å². The van der Waals surface area contributed by atoms with Gasteiger partial charge in [-0.25, -0.2) is 0 Å². The number of pyridine rings is 1. The molecule has 1 aliphatic rings. The van der Waals surface area contributed by atoms with Crippen molar-refractivity contribution in [1.82, 2.24) is 4.98 Å². The van der Waals surface area contributed by atoms with Crippen LogP contribution < -0.4 is 4.90 Å². The van der Waals surface area contributed by atoms with Gasteiger partial charge in [0.15, 0.2) is 0 Å². The van der Waals surface area contributed by atoms with E-state index in [1.54, 1.807) is 0 Å². The van der Waals surface area contributed by atoms with Gasteiger partial charge in [0, 0.05) is 45.4 Å². The van der Waals surface area contributed by atoms with E-state index < -0.39 is 11.2 Å². The molecule has 0 fully saturated rings. The average Bonchev–Trinajstić information content (AvgIpc) is 3.58. The van der Waals surface area contributed by atoms with Crippen molar-refractivity contribution in [2.45, 2.75) is 129 Å². The van der Waals surface area contributed by atoms with E-state index in [0.717, 1.165) is 49.8 Å². The van der Waals surface area contributed by atoms with Crippen LogP contribution in [-0.4, -0.2) is 19.2 Å². The van der Waals surface area contributed by atoms with Crippen LogP contribution in [0.3, 0.4) is 0 Å². The largest absolute Gasteiger partial charge is 0.364 e. The highest BCUT2D eigenvalue weighted by molar-refractivity contribution is 6.09. The number of hydrogen-bond donors (Lipinski definition) is 0. The van der Waals surface area contributed by atoms with Gasteiger partial charge in [0.1, 0.15) is 11.2 Å². The van der Waals surface area contributed by atoms with Crippen molar-refractivity contribution in [3.05, 3.63) is 249 Å². The second-order valence-corrected chi connectivity index (χ2v) is 25.1. The fourth-order valence-corrected chi connectivity index (χ4v) is 12.0. The molecule has 0 amide bonds. The molecule has 10 rings (SSSR count). The zero-order valence-corrected chi connectivity index (χ0v) is 46.9. The second kappa shape index (κ2) is 19.1. The second-order valence-electron chi connectivity index (χ2n) is 25.1. The summed E-state index contributed by atoms with van der Waals surface area (Å²) in [6.45, 7) is 28.6. The highest BCUT2D eigenvalue weighted by atomic mass is 16.5. The number of nitrogens with zero attached hydrogens (tertiary/aromatic N) is 2. The van der Waals surface area contributed by atoms with Crippen LogP contribution in [0.15, 0.2) is 182 Å². The first kappa shape index (κ1) is 51.6. The van der Waals surface area contributed by atoms with Crippen LogP contribution in [0.2, 0.25) is 0 Å². The van der Waals surface area contributed by atoms with Gasteiger partial charge in [-0.3, -0.25) is 4.98 Å². The molecule has 75 heavy (non-hydrogen) atoms. The van der Waals surface area contributed by atoms with E-state index in [0.29, 0.717) is 13.1 Å². The minimum atomic E-state index is -1.03. The maximum atomic E-state index is 7.35. The Morgan fingerprint density at radius 2 is 0.640 bits per heavy atom. The van der Waals surface area contributed by atoms with E-state index in [1.165, 1.54) is 55.3 Å². The Labute approximate surface area is 447 Å². The first-order chi connectivity index (χ1) is 35.6. The minimum absolute atomic E-state index is 0.0309. The van der Waals surface area contributed by atoms with Gasteiger partial charge in [0.05, 0.1) is 0 Å². The lowest BCUT2D eigenvalue weighted by Gasteiger charge is -2.38. The molecule has 0 unspecified atom stereocenters. The number of methoxy groups -OCH3 is 2. The quantitative estimate of drug-likeness (QED) is 0.135. The lowest BCUT2D eigenvalue weighted by atomic mass is 9.72. The smallest absolute Gasteiger partial charge is 0.143 e. The topological polar surface area (TPSA) is 34.6 Å². The normalized spacial score (nSPS) is 13.7. The van der Waals surface area contributed by atoms with Crippen LogP contribution in [0.5, 0.6) is 0 Å². The third-order valence-corrected chi connectivity index (χ3v) is 16.3. The molecule has 4 heteroatoms. The number of hydrogen-bond acceptors (Lipinski definition) is 4. The van der Waals surface area contributed by atoms with E-state index in [9.17, 15) is 0 Å². The molecule has 0 N–H and O–H groups in total. The fraction of sp³-hybridized carbons (Fsp3) is 0.310. The Balaban J connectivity index is 1.39. The van der Waals surface area contributed by atoms with E-state index in [-0.39, 0.29) is 21.7 Å². The van der Waals surface area contributed by atoms with Crippen molar-refractivity contribution >= 4 is 27.2 Å². The van der Waals surface area contributed by atoms with Crippen LogP contribution in [-0.2, 0) is 55.4 Å². The molecule has 0 spiro atoms. The number of ether oxygens (including phenoxy) is 2. The standard InChI is InChI=1S/C71H76N2O2/c1-66(2,3)49-23-31-53(32-24-49)70(74-13,54-33-25-50(26-34-54)67(4,5)6)62-43-47-19-15-17-21-58(47)64-60(62)45-73(57-39-41-72-42-40-57)46-61-63(44-48-20-16-18-22-59(48)65(61)64)71(75-14,55-35-27-51(28-36-55)68(7,8)9)56-37-29-52(30-38-56)69(10,11)12/h15-44H,45-46H2,1-14H3. The Kier molecular flexibility index (Phi) is 13.1. The molecule has 0 aliphatic carbocycles. The predicted octanol–water partition coefficient (Wildman–Crippen LogP) is 17.6. The summed E-state index contributed by atoms with van der Waals surface area (Å²) in [5.74, 6) is 0. The van der Waals surface area contributed by atoms with Gasteiger partial charge in [0.25, 0.3) is 0 Å². The van der Waals surface area contributed by atoms with Crippen molar-refractivity contribution in [2.24, 2.45) is 0 Å². The highest BCUT2D eigenvalue weighted by Gasteiger charge is 2.45. The number of rotatable bonds is 9. The van der Waals surface area contributed by atoms with Gasteiger partial charge in [-0.2, -0.15) is 0 Å². The fourth-order valence-electron chi connectivity index (χ4n) is 12.0. The van der Waals surface area contributed by atoms with Crippen LogP contribution in [0, 0.1) is 0 Å². The van der Waals surface area contributed by atoms with Crippen LogP contribution >= 0.6 is 0 Å². The lowest BCUT2D eigenvalue weighted by molar-refractivity contribution is 0.0578. The van der Waals surface area contributed by atoms with E-state index in [1.807, 2.05) is 26.6 Å². The van der Waals surface area contributed by atoms with Gasteiger partial charge in [0.2, 0.25) is 0 Å². The van der Waals surface area contributed by atoms with Gasteiger partial charge in [-0.15, -0.1) is 0 Å². The Morgan fingerprint density at radius 3 is 0.920 bits per heavy atom. The number of anilines is 1. The van der Waals surface area contributed by atoms with Gasteiger partial charge in [-0.1, -0.05) is 229 Å². The summed E-state index contributed by atoms with van der Waals surface area (Å²) in [7, 11) is 3.80. The monoisotopic (exact) mass is 989 g/mol. The van der Waals surface area contributed by atoms with Gasteiger partial charge >= 0.3 is 0 Å². The number of aromatic nitrogens is 1. The Bertz CT molecular complexity index is 3170. The predicted molar refractivity (Wildman–Crippen MR) is 315 cm³/mol. The van der Waals surface area contributed by atoms with E-state index >= 15 is 0 Å². The maximum Gasteiger partial charge on any atom is 0.143 e. The molecule has 382 valence electrons.